The Kier molecular flexibility index (Phi) is 4.45. The summed E-state index contributed by atoms with van der Waals surface area (Å²) in [4.78, 5) is 21.3. The number of aliphatic imine (C=N–C) groups is 1. The van der Waals surface area contributed by atoms with Crippen molar-refractivity contribution < 1.29 is 9.18 Å². The van der Waals surface area contributed by atoms with Crippen LogP contribution in [0.4, 0.5) is 15.8 Å². The van der Waals surface area contributed by atoms with Gasteiger partial charge in [0.05, 0.1) is 23.1 Å². The molecule has 2 aromatic rings. The molecule has 27 heavy (non-hydrogen) atoms. The quantitative estimate of drug-likeness (QED) is 0.763. The summed E-state index contributed by atoms with van der Waals surface area (Å²) in [7, 11) is 0. The largest absolute Gasteiger partial charge is 0.387 e. The minimum absolute atomic E-state index is 0.0749. The van der Waals surface area contributed by atoms with Gasteiger partial charge in [0.15, 0.2) is 0 Å². The minimum atomic E-state index is -0.599. The van der Waals surface area contributed by atoms with Crippen LogP contribution >= 0.6 is 0 Å². The Morgan fingerprint density at radius 1 is 1.33 bits per heavy atom. The highest BCUT2D eigenvalue weighted by molar-refractivity contribution is 6.05. The number of nitrogens with two attached hydrogens (primary N) is 1. The Bertz CT molecular complexity index is 996. The molecule has 4 N–H and O–H groups in total. The Hall–Kier alpha value is -3.06. The number of carbonyl (C=O) groups is 1. The second-order valence-electron chi connectivity index (χ2n) is 6.87. The molecule has 0 fully saturated rings. The van der Waals surface area contributed by atoms with Crippen LogP contribution in [0.1, 0.15) is 40.5 Å². The molecule has 3 heterocycles. The number of carbonyl (C=O) groups excluding carboxylic acids is 1. The molecule has 0 bridgehead atoms. The fourth-order valence-corrected chi connectivity index (χ4v) is 3.37. The lowest BCUT2D eigenvalue weighted by Gasteiger charge is -2.17. The topological polar surface area (TPSA) is 92.4 Å². The lowest BCUT2D eigenvalue weighted by molar-refractivity contribution is 0.102. The van der Waals surface area contributed by atoms with E-state index in [0.717, 1.165) is 29.8 Å². The molecule has 6 nitrogen and oxygen atoms in total. The first-order valence-corrected chi connectivity index (χ1v) is 8.83. The van der Waals surface area contributed by atoms with Gasteiger partial charge < -0.3 is 16.4 Å². The highest BCUT2D eigenvalue weighted by Gasteiger charge is 2.18. The molecule has 4 rings (SSSR count). The number of fused-ring (bicyclic) bond motifs is 2. The monoisotopic (exact) mass is 365 g/mol. The van der Waals surface area contributed by atoms with E-state index < -0.39 is 11.7 Å². The fraction of sp³-hybridized carbons (Fsp3) is 0.250. The number of aromatic nitrogens is 1. The normalized spacial score (nSPS) is 15.8. The molecule has 2 aliphatic rings. The molecular formula is C20H20FN5O. The first kappa shape index (κ1) is 17.4. The van der Waals surface area contributed by atoms with Crippen molar-refractivity contribution in [1.82, 2.24) is 10.3 Å². The van der Waals surface area contributed by atoms with Crippen molar-refractivity contribution in [3.63, 3.8) is 0 Å². The SMILES string of the molecule is CC1=Cc2cc(F)c(C(=O)Nc3cnc4c(c3)CNCC4)cc2N=C(N)C1. The number of rotatable bonds is 2. The highest BCUT2D eigenvalue weighted by atomic mass is 19.1. The zero-order valence-electron chi connectivity index (χ0n) is 15.0. The van der Waals surface area contributed by atoms with Gasteiger partial charge in [-0.25, -0.2) is 9.38 Å². The van der Waals surface area contributed by atoms with Gasteiger partial charge in [0.1, 0.15) is 11.7 Å². The summed E-state index contributed by atoms with van der Waals surface area (Å²) >= 11 is 0. The molecule has 7 heteroatoms. The third-order valence-corrected chi connectivity index (χ3v) is 4.66. The van der Waals surface area contributed by atoms with Crippen molar-refractivity contribution in [2.75, 3.05) is 11.9 Å². The number of hydrogen-bond donors (Lipinski definition) is 3. The van der Waals surface area contributed by atoms with Crippen LogP contribution in [0.15, 0.2) is 35.0 Å². The van der Waals surface area contributed by atoms with Crippen LogP contribution in [0.2, 0.25) is 0 Å². The van der Waals surface area contributed by atoms with Crippen molar-refractivity contribution in [3.8, 4) is 0 Å². The molecule has 2 aliphatic heterocycles. The van der Waals surface area contributed by atoms with E-state index in [2.05, 4.69) is 20.6 Å². The summed E-state index contributed by atoms with van der Waals surface area (Å²) in [6, 6.07) is 4.64. The van der Waals surface area contributed by atoms with Gasteiger partial charge in [-0.3, -0.25) is 9.78 Å². The van der Waals surface area contributed by atoms with Gasteiger partial charge in [0, 0.05) is 37.2 Å². The van der Waals surface area contributed by atoms with E-state index in [1.54, 1.807) is 6.20 Å². The molecule has 0 saturated carbocycles. The Balaban J connectivity index is 1.64. The second kappa shape index (κ2) is 6.92. The predicted molar refractivity (Wildman–Crippen MR) is 104 cm³/mol. The molecule has 1 aromatic heterocycles. The van der Waals surface area contributed by atoms with E-state index >= 15 is 0 Å². The van der Waals surface area contributed by atoms with Crippen LogP contribution in [0, 0.1) is 5.82 Å². The van der Waals surface area contributed by atoms with Gasteiger partial charge in [-0.05, 0) is 30.7 Å². The standard InChI is InChI=1S/C20H20FN5O/c1-11-4-12-7-16(21)15(8-18(12)26-19(22)5-11)20(27)25-14-6-13-9-23-3-2-17(13)24-10-14/h4,6-8,10,23H,2-3,5,9H2,1H3,(H2,22,26)(H,25,27). The zero-order valence-corrected chi connectivity index (χ0v) is 15.0. The average Bonchev–Trinajstić information content (AvgIpc) is 2.76. The van der Waals surface area contributed by atoms with E-state index in [1.807, 2.05) is 19.1 Å². The molecule has 0 unspecified atom stereocenters. The maximum absolute atomic E-state index is 14.6. The number of anilines is 1. The molecule has 0 spiro atoms. The number of amides is 1. The summed E-state index contributed by atoms with van der Waals surface area (Å²) in [5, 5.41) is 5.99. The minimum Gasteiger partial charge on any atom is -0.387 e. The van der Waals surface area contributed by atoms with E-state index in [-0.39, 0.29) is 5.56 Å². The molecule has 138 valence electrons. The Morgan fingerprint density at radius 3 is 3.04 bits per heavy atom. The number of pyridine rings is 1. The summed E-state index contributed by atoms with van der Waals surface area (Å²) in [5.74, 6) is -0.704. The first-order valence-electron chi connectivity index (χ1n) is 8.83. The number of nitrogens with one attached hydrogen (secondary N) is 2. The van der Waals surface area contributed by atoms with E-state index in [1.165, 1.54) is 12.1 Å². The molecule has 0 saturated heterocycles. The Morgan fingerprint density at radius 2 is 2.19 bits per heavy atom. The maximum Gasteiger partial charge on any atom is 0.258 e. The number of halogens is 1. The third-order valence-electron chi connectivity index (χ3n) is 4.66. The predicted octanol–water partition coefficient (Wildman–Crippen LogP) is 2.91. The van der Waals surface area contributed by atoms with Crippen LogP contribution in [0.5, 0.6) is 0 Å². The molecule has 0 radical (unpaired) electrons. The number of benzene rings is 1. The molecule has 0 aliphatic carbocycles. The lowest BCUT2D eigenvalue weighted by atomic mass is 10.0. The smallest absolute Gasteiger partial charge is 0.258 e. The van der Waals surface area contributed by atoms with Crippen LogP contribution in [0.25, 0.3) is 6.08 Å². The fourth-order valence-electron chi connectivity index (χ4n) is 3.37. The van der Waals surface area contributed by atoms with Gasteiger partial charge in [-0.2, -0.15) is 0 Å². The van der Waals surface area contributed by atoms with Gasteiger partial charge in [-0.1, -0.05) is 11.6 Å². The highest BCUT2D eigenvalue weighted by Crippen LogP contribution is 2.29. The Labute approximate surface area is 156 Å². The van der Waals surface area contributed by atoms with Crippen LogP contribution < -0.4 is 16.4 Å². The van der Waals surface area contributed by atoms with Gasteiger partial charge >= 0.3 is 0 Å². The van der Waals surface area contributed by atoms with E-state index in [4.69, 9.17) is 5.73 Å². The summed E-state index contributed by atoms with van der Waals surface area (Å²) in [5.41, 5.74) is 10.5. The van der Waals surface area contributed by atoms with Gasteiger partial charge in [0.2, 0.25) is 0 Å². The van der Waals surface area contributed by atoms with Crippen molar-refractivity contribution in [2.45, 2.75) is 26.3 Å². The number of hydrogen-bond acceptors (Lipinski definition) is 5. The van der Waals surface area contributed by atoms with Crippen LogP contribution in [-0.4, -0.2) is 23.3 Å². The maximum atomic E-state index is 14.6. The second-order valence-corrected chi connectivity index (χ2v) is 6.87. The number of amidine groups is 1. The van der Waals surface area contributed by atoms with Gasteiger partial charge in [0.25, 0.3) is 5.91 Å². The average molecular weight is 365 g/mol. The molecule has 0 atom stereocenters. The van der Waals surface area contributed by atoms with Crippen molar-refractivity contribution in [2.24, 2.45) is 10.7 Å². The van der Waals surface area contributed by atoms with Crippen molar-refractivity contribution >= 4 is 29.2 Å². The summed E-state index contributed by atoms with van der Waals surface area (Å²) in [6.07, 6.45) is 4.82. The van der Waals surface area contributed by atoms with Crippen molar-refractivity contribution in [3.05, 3.63) is 58.2 Å². The third kappa shape index (κ3) is 3.59. The summed E-state index contributed by atoms with van der Waals surface area (Å²) < 4.78 is 14.6. The zero-order chi connectivity index (χ0) is 19.0. The van der Waals surface area contributed by atoms with Crippen LogP contribution in [-0.2, 0) is 13.0 Å². The molecular weight excluding hydrogens is 345 g/mol. The molecule has 1 amide bonds. The van der Waals surface area contributed by atoms with Crippen LogP contribution in [0.3, 0.4) is 0 Å². The van der Waals surface area contributed by atoms with E-state index in [9.17, 15) is 9.18 Å². The van der Waals surface area contributed by atoms with Gasteiger partial charge in [-0.15, -0.1) is 0 Å². The van der Waals surface area contributed by atoms with Crippen molar-refractivity contribution in [1.29, 1.82) is 0 Å². The molecule has 1 aromatic carbocycles. The number of nitrogens with zero attached hydrogens (tertiary/aromatic N) is 2. The summed E-state index contributed by atoms with van der Waals surface area (Å²) in [6.45, 7) is 3.51. The lowest BCUT2D eigenvalue weighted by Crippen LogP contribution is -2.25. The first-order chi connectivity index (χ1) is 13.0. The van der Waals surface area contributed by atoms with E-state index in [0.29, 0.717) is 35.7 Å².